The number of carbonyl (C=O) groups excluding carboxylic acids is 1. The van der Waals surface area contributed by atoms with Gasteiger partial charge in [-0.05, 0) is 53.5 Å². The Labute approximate surface area is 127 Å². The average Bonchev–Trinajstić information content (AvgIpc) is 2.38. The van der Waals surface area contributed by atoms with Crippen molar-refractivity contribution in [3.05, 3.63) is 58.3 Å². The standard InChI is InChI=1S/C16H16BrNO2/c1-11(2)20-15-5-3-4-13(8-15)16(19)7-12-6-14(17)10-18-9-12/h3-6,8-11H,7H2,1-2H3. The first kappa shape index (κ1) is 14.7. The Kier molecular flexibility index (Phi) is 4.90. The number of carbonyl (C=O) groups is 1. The number of hydrogen-bond donors (Lipinski definition) is 0. The predicted molar refractivity (Wildman–Crippen MR) is 82.2 cm³/mol. The van der Waals surface area contributed by atoms with Crippen LogP contribution in [0.3, 0.4) is 0 Å². The minimum absolute atomic E-state index is 0.0547. The fourth-order valence-electron chi connectivity index (χ4n) is 1.86. The molecule has 0 bridgehead atoms. The summed E-state index contributed by atoms with van der Waals surface area (Å²) in [6.07, 6.45) is 3.83. The van der Waals surface area contributed by atoms with Gasteiger partial charge in [0.05, 0.1) is 6.10 Å². The molecule has 1 aromatic carbocycles. The third-order valence-electron chi connectivity index (χ3n) is 2.65. The van der Waals surface area contributed by atoms with Crippen LogP contribution in [-0.4, -0.2) is 16.9 Å². The maximum absolute atomic E-state index is 12.3. The molecule has 2 rings (SSSR count). The molecule has 0 spiro atoms. The molecule has 2 aromatic rings. The fraction of sp³-hybridized carbons (Fsp3) is 0.250. The number of aromatic nitrogens is 1. The van der Waals surface area contributed by atoms with Crippen molar-refractivity contribution in [3.63, 3.8) is 0 Å². The summed E-state index contributed by atoms with van der Waals surface area (Å²) >= 11 is 3.35. The molecule has 4 heteroatoms. The van der Waals surface area contributed by atoms with Crippen LogP contribution in [0.25, 0.3) is 0 Å². The monoisotopic (exact) mass is 333 g/mol. The summed E-state index contributed by atoms with van der Waals surface area (Å²) in [4.78, 5) is 16.3. The Hall–Kier alpha value is -1.68. The SMILES string of the molecule is CC(C)Oc1cccc(C(=O)Cc2cncc(Br)c2)c1. The molecule has 0 saturated carbocycles. The fourth-order valence-corrected chi connectivity index (χ4v) is 2.27. The lowest BCUT2D eigenvalue weighted by Gasteiger charge is -2.10. The van der Waals surface area contributed by atoms with Crippen LogP contribution in [0, 0.1) is 0 Å². The summed E-state index contributed by atoms with van der Waals surface area (Å²) in [5.41, 5.74) is 1.54. The van der Waals surface area contributed by atoms with Gasteiger partial charge in [0.25, 0.3) is 0 Å². The molecule has 0 aliphatic carbocycles. The van der Waals surface area contributed by atoms with Gasteiger partial charge in [-0.2, -0.15) is 0 Å². The molecule has 1 aromatic heterocycles. The number of ketones is 1. The van der Waals surface area contributed by atoms with Crippen LogP contribution in [0.2, 0.25) is 0 Å². The molecule has 3 nitrogen and oxygen atoms in total. The second kappa shape index (κ2) is 6.66. The molecule has 20 heavy (non-hydrogen) atoms. The van der Waals surface area contributed by atoms with Gasteiger partial charge in [0.1, 0.15) is 5.75 Å². The molecule has 104 valence electrons. The molecule has 0 amide bonds. The van der Waals surface area contributed by atoms with Gasteiger partial charge in [-0.25, -0.2) is 0 Å². The maximum atomic E-state index is 12.3. The molecule has 0 unspecified atom stereocenters. The van der Waals surface area contributed by atoms with Gasteiger partial charge in [-0.3, -0.25) is 9.78 Å². The molecule has 0 aliphatic heterocycles. The average molecular weight is 334 g/mol. The number of halogens is 1. The van der Waals surface area contributed by atoms with E-state index in [4.69, 9.17) is 4.74 Å². The van der Waals surface area contributed by atoms with Crippen LogP contribution in [0.15, 0.2) is 47.2 Å². The van der Waals surface area contributed by atoms with E-state index in [0.717, 1.165) is 15.8 Å². The van der Waals surface area contributed by atoms with Crippen molar-refractivity contribution in [2.75, 3.05) is 0 Å². The van der Waals surface area contributed by atoms with Crippen molar-refractivity contribution < 1.29 is 9.53 Å². The number of rotatable bonds is 5. The molecule has 0 N–H and O–H groups in total. The minimum Gasteiger partial charge on any atom is -0.491 e. The normalized spacial score (nSPS) is 10.6. The first-order valence-corrected chi connectivity index (χ1v) is 7.23. The molecule has 0 fully saturated rings. The van der Waals surface area contributed by atoms with E-state index in [-0.39, 0.29) is 11.9 Å². The highest BCUT2D eigenvalue weighted by molar-refractivity contribution is 9.10. The molecule has 0 atom stereocenters. The molecule has 0 aliphatic rings. The van der Waals surface area contributed by atoms with E-state index < -0.39 is 0 Å². The highest BCUT2D eigenvalue weighted by Gasteiger charge is 2.09. The third-order valence-corrected chi connectivity index (χ3v) is 3.09. The largest absolute Gasteiger partial charge is 0.491 e. The van der Waals surface area contributed by atoms with E-state index in [1.165, 1.54) is 0 Å². The van der Waals surface area contributed by atoms with Gasteiger partial charge < -0.3 is 4.74 Å². The topological polar surface area (TPSA) is 39.2 Å². The van der Waals surface area contributed by atoms with Crippen LogP contribution < -0.4 is 4.74 Å². The predicted octanol–water partition coefficient (Wildman–Crippen LogP) is 4.06. The van der Waals surface area contributed by atoms with Crippen LogP contribution in [-0.2, 0) is 6.42 Å². The number of hydrogen-bond acceptors (Lipinski definition) is 3. The van der Waals surface area contributed by atoms with E-state index in [2.05, 4.69) is 20.9 Å². The zero-order valence-electron chi connectivity index (χ0n) is 11.5. The number of ether oxygens (including phenoxy) is 1. The van der Waals surface area contributed by atoms with Crippen LogP contribution in [0.4, 0.5) is 0 Å². The Morgan fingerprint density at radius 1 is 1.30 bits per heavy atom. The van der Waals surface area contributed by atoms with Gasteiger partial charge in [-0.1, -0.05) is 12.1 Å². The Morgan fingerprint density at radius 3 is 2.80 bits per heavy atom. The molecule has 1 heterocycles. The summed E-state index contributed by atoms with van der Waals surface area (Å²) in [6.45, 7) is 3.92. The number of nitrogens with zero attached hydrogens (tertiary/aromatic N) is 1. The number of benzene rings is 1. The van der Waals surface area contributed by atoms with Gasteiger partial charge >= 0.3 is 0 Å². The van der Waals surface area contributed by atoms with E-state index >= 15 is 0 Å². The highest BCUT2D eigenvalue weighted by Crippen LogP contribution is 2.17. The molecule has 0 saturated heterocycles. The third kappa shape index (κ3) is 4.17. The second-order valence-corrected chi connectivity index (χ2v) is 5.72. The van der Waals surface area contributed by atoms with Gasteiger partial charge in [-0.15, -0.1) is 0 Å². The van der Waals surface area contributed by atoms with Crippen molar-refractivity contribution in [1.82, 2.24) is 4.98 Å². The van der Waals surface area contributed by atoms with Crippen molar-refractivity contribution in [3.8, 4) is 5.75 Å². The lowest BCUT2D eigenvalue weighted by molar-refractivity contribution is 0.0992. The van der Waals surface area contributed by atoms with Gasteiger partial charge in [0, 0.05) is 28.9 Å². The highest BCUT2D eigenvalue weighted by atomic mass is 79.9. The Balaban J connectivity index is 2.13. The lowest BCUT2D eigenvalue weighted by Crippen LogP contribution is -2.08. The van der Waals surface area contributed by atoms with Crippen molar-refractivity contribution >= 4 is 21.7 Å². The Bertz CT molecular complexity index is 611. The minimum atomic E-state index is 0.0547. The number of pyridine rings is 1. The zero-order valence-corrected chi connectivity index (χ0v) is 13.1. The molecular formula is C16H16BrNO2. The summed E-state index contributed by atoms with van der Waals surface area (Å²) in [6, 6.07) is 9.19. The lowest BCUT2D eigenvalue weighted by atomic mass is 10.0. The van der Waals surface area contributed by atoms with Crippen LogP contribution in [0.1, 0.15) is 29.8 Å². The first-order valence-electron chi connectivity index (χ1n) is 6.44. The quantitative estimate of drug-likeness (QED) is 0.774. The van der Waals surface area contributed by atoms with E-state index in [1.807, 2.05) is 32.0 Å². The Morgan fingerprint density at radius 2 is 2.10 bits per heavy atom. The van der Waals surface area contributed by atoms with Crippen molar-refractivity contribution in [2.45, 2.75) is 26.4 Å². The number of Topliss-reactive ketones (excluding diaryl/α,β-unsaturated/α-hetero) is 1. The zero-order chi connectivity index (χ0) is 14.5. The summed E-state index contributed by atoms with van der Waals surface area (Å²) in [7, 11) is 0. The van der Waals surface area contributed by atoms with E-state index in [1.54, 1.807) is 24.5 Å². The van der Waals surface area contributed by atoms with E-state index in [9.17, 15) is 4.79 Å². The smallest absolute Gasteiger partial charge is 0.167 e. The molecular weight excluding hydrogens is 318 g/mol. The summed E-state index contributed by atoms with van der Waals surface area (Å²) in [5, 5.41) is 0. The first-order chi connectivity index (χ1) is 9.54. The summed E-state index contributed by atoms with van der Waals surface area (Å²) in [5.74, 6) is 0.775. The van der Waals surface area contributed by atoms with Crippen LogP contribution in [0.5, 0.6) is 5.75 Å². The van der Waals surface area contributed by atoms with Crippen molar-refractivity contribution in [1.29, 1.82) is 0 Å². The maximum Gasteiger partial charge on any atom is 0.167 e. The van der Waals surface area contributed by atoms with Crippen molar-refractivity contribution in [2.24, 2.45) is 0 Å². The van der Waals surface area contributed by atoms with Gasteiger partial charge in [0.2, 0.25) is 0 Å². The molecule has 0 radical (unpaired) electrons. The van der Waals surface area contributed by atoms with Gasteiger partial charge in [0.15, 0.2) is 5.78 Å². The second-order valence-electron chi connectivity index (χ2n) is 4.81. The summed E-state index contributed by atoms with van der Waals surface area (Å²) < 4.78 is 6.48. The van der Waals surface area contributed by atoms with Crippen LogP contribution >= 0.6 is 15.9 Å². The van der Waals surface area contributed by atoms with E-state index in [0.29, 0.717) is 12.0 Å².